The van der Waals surface area contributed by atoms with Gasteiger partial charge in [-0.15, -0.1) is 0 Å². The Kier molecular flexibility index (Phi) is 12.4. The Morgan fingerprint density at radius 1 is 0.926 bits per heavy atom. The van der Waals surface area contributed by atoms with Crippen molar-refractivity contribution in [2.24, 2.45) is 13.0 Å². The van der Waals surface area contributed by atoms with E-state index in [4.69, 9.17) is 30.1 Å². The van der Waals surface area contributed by atoms with Crippen molar-refractivity contribution >= 4 is 51.4 Å². The van der Waals surface area contributed by atoms with E-state index in [1.54, 1.807) is 7.05 Å². The Morgan fingerprint density at radius 3 is 2.41 bits per heavy atom. The van der Waals surface area contributed by atoms with Crippen LogP contribution in [0.4, 0.5) is 20.8 Å². The molecule has 68 heavy (non-hydrogen) atoms. The Bertz CT molecular complexity index is 2850. The number of nitrogens with zero attached hydrogens (tertiary/aromatic N) is 12. The first-order valence-corrected chi connectivity index (χ1v) is 24.0. The van der Waals surface area contributed by atoms with E-state index in [0.717, 1.165) is 82.6 Å². The number of amides is 4. The van der Waals surface area contributed by atoms with Gasteiger partial charge >= 0.3 is 6.03 Å². The average molecular weight is 931 g/mol. The van der Waals surface area contributed by atoms with E-state index in [1.807, 2.05) is 54.9 Å². The van der Waals surface area contributed by atoms with Crippen LogP contribution in [-0.4, -0.2) is 125 Å². The number of carbonyl (C=O) groups is 3. The second kappa shape index (κ2) is 18.6. The molecule has 4 amide bonds. The second-order valence-corrected chi connectivity index (χ2v) is 19.8. The van der Waals surface area contributed by atoms with Crippen molar-refractivity contribution < 1.29 is 28.0 Å². The Morgan fingerprint density at radius 2 is 1.69 bits per heavy atom. The Hall–Kier alpha value is -6.41. The summed E-state index contributed by atoms with van der Waals surface area (Å²) in [5.41, 5.74) is 10.4. The van der Waals surface area contributed by atoms with E-state index in [-0.39, 0.29) is 48.0 Å². The average Bonchev–Trinajstić information content (AvgIpc) is 3.79. The number of nitrogens with two attached hydrogens (primary N) is 1. The number of benzene rings is 1. The Labute approximate surface area is 393 Å². The number of nitrogen functional groups attached to an aromatic ring is 1. The van der Waals surface area contributed by atoms with E-state index < -0.39 is 6.03 Å². The van der Waals surface area contributed by atoms with Crippen LogP contribution in [0.5, 0.6) is 0 Å². The van der Waals surface area contributed by atoms with Gasteiger partial charge < -0.3 is 24.8 Å². The molecule has 0 radical (unpaired) electrons. The third kappa shape index (κ3) is 9.02. The summed E-state index contributed by atoms with van der Waals surface area (Å²) in [5, 5.41) is 17.4. The number of aryl methyl sites for hydroxylation is 1. The molecule has 0 spiro atoms. The molecule has 1 saturated carbocycles. The second-order valence-electron chi connectivity index (χ2n) is 19.8. The fourth-order valence-corrected chi connectivity index (χ4v) is 10.1. The maximum atomic E-state index is 16.1. The van der Waals surface area contributed by atoms with Crippen molar-refractivity contribution in [2.75, 3.05) is 63.1 Å². The van der Waals surface area contributed by atoms with Crippen molar-refractivity contribution in [1.29, 1.82) is 0 Å². The minimum atomic E-state index is -0.539. The topological polar surface area (TPSA) is 221 Å². The van der Waals surface area contributed by atoms with Crippen LogP contribution >= 0.6 is 0 Å². The molecule has 1 aliphatic carbocycles. The van der Waals surface area contributed by atoms with E-state index in [0.29, 0.717) is 100 Å². The number of imide groups is 1. The molecule has 8 heterocycles. The summed E-state index contributed by atoms with van der Waals surface area (Å²) in [6.45, 7) is 11.6. The normalized spacial score (nSPS) is 18.1. The number of aromatic nitrogens is 9. The first-order valence-electron chi connectivity index (χ1n) is 24.0. The summed E-state index contributed by atoms with van der Waals surface area (Å²) < 4.78 is 31.3. The van der Waals surface area contributed by atoms with Gasteiger partial charge in [0, 0.05) is 76.4 Å². The van der Waals surface area contributed by atoms with E-state index in [2.05, 4.69) is 30.4 Å². The number of piperidine rings is 2. The number of fused-ring (bicyclic) bond motifs is 2. The summed E-state index contributed by atoms with van der Waals surface area (Å²) in [7, 11) is 1.68. The van der Waals surface area contributed by atoms with Gasteiger partial charge in [0.05, 0.1) is 23.1 Å². The smallest absolute Gasteiger partial charge is 0.329 e. The molecular formula is C48H59FN14O5. The lowest BCUT2D eigenvalue weighted by Gasteiger charge is -2.38. The molecule has 1 aromatic carbocycles. The number of nitrogens with one attached hydrogen (secondary N) is 1. The lowest BCUT2D eigenvalue weighted by Crippen LogP contribution is -2.49. The standard InChI is InChI=1S/C48H59FN14O5/c1-48(2,3)63-46-37(43(50)53-27-54-46)39(56-63)40-36(42(68-58-40)31-7-8-31)44-51-24-29(25-52-44)16-23-67-22-5-6-35(65)61-19-11-28(12-20-61)26-60-17-13-30(14-18-60)32-9-10-33-41(38(32)49)59(4)57-45(33)62-21-15-34(64)55-47(62)66/h9-10,24-25,27-28,30-31H,5-8,11-23,26H2,1-4H3,(H2,50,53,54)(H,55,64,66). The van der Waals surface area contributed by atoms with Gasteiger partial charge in [-0.2, -0.15) is 10.2 Å². The van der Waals surface area contributed by atoms with Gasteiger partial charge in [0.1, 0.15) is 29.0 Å². The van der Waals surface area contributed by atoms with Crippen molar-refractivity contribution in [3.8, 4) is 22.8 Å². The number of hydrogen-bond donors (Lipinski definition) is 2. The van der Waals surface area contributed by atoms with Gasteiger partial charge in [-0.25, -0.2) is 33.8 Å². The molecule has 358 valence electrons. The SMILES string of the molecule is Cn1nc(N2CCC(=O)NC2=O)c2ccc(C3CCN(CC4CCN(C(=O)CCCOCCc5cnc(-c6c(-c7nn(C(C)(C)C)c8ncnc(N)c78)noc6C6CC6)nc5)CC4)CC3)c(F)c21. The number of hydrogen-bond acceptors (Lipinski definition) is 14. The predicted molar refractivity (Wildman–Crippen MR) is 251 cm³/mol. The third-order valence-corrected chi connectivity index (χ3v) is 13.9. The van der Waals surface area contributed by atoms with Gasteiger partial charge in [0.15, 0.2) is 28.9 Å². The number of halogens is 1. The largest absolute Gasteiger partial charge is 0.383 e. The van der Waals surface area contributed by atoms with E-state index in [1.165, 1.54) is 15.9 Å². The maximum Gasteiger partial charge on any atom is 0.329 e. The number of likely N-dealkylation sites (tertiary alicyclic amines) is 2. The number of ether oxygens (including phenoxy) is 1. The number of rotatable bonds is 14. The molecule has 6 aromatic rings. The summed E-state index contributed by atoms with van der Waals surface area (Å²) in [4.78, 5) is 61.5. The van der Waals surface area contributed by atoms with Gasteiger partial charge in [-0.3, -0.25) is 24.5 Å². The zero-order chi connectivity index (χ0) is 47.3. The number of urea groups is 1. The quantitative estimate of drug-likeness (QED) is 0.118. The molecule has 4 aliphatic rings. The van der Waals surface area contributed by atoms with Crippen LogP contribution in [0.15, 0.2) is 35.4 Å². The molecule has 0 bridgehead atoms. The molecule has 4 fully saturated rings. The highest BCUT2D eigenvalue weighted by molar-refractivity contribution is 6.09. The summed E-state index contributed by atoms with van der Waals surface area (Å²) in [6, 6.07) is 3.16. The molecule has 5 aromatic heterocycles. The highest BCUT2D eigenvalue weighted by Gasteiger charge is 2.37. The summed E-state index contributed by atoms with van der Waals surface area (Å²) in [6.07, 6.45) is 12.6. The lowest BCUT2D eigenvalue weighted by molar-refractivity contribution is -0.133. The molecule has 0 atom stereocenters. The van der Waals surface area contributed by atoms with Crippen LogP contribution < -0.4 is 16.0 Å². The fraction of sp³-hybridized carbons (Fsp3) is 0.542. The monoisotopic (exact) mass is 930 g/mol. The van der Waals surface area contributed by atoms with Crippen molar-refractivity contribution in [3.05, 3.63) is 53.6 Å². The molecule has 3 saturated heterocycles. The van der Waals surface area contributed by atoms with E-state index >= 15 is 4.39 Å². The summed E-state index contributed by atoms with van der Waals surface area (Å²) in [5.74, 6) is 2.34. The fourth-order valence-electron chi connectivity index (χ4n) is 10.1. The molecule has 10 rings (SSSR count). The van der Waals surface area contributed by atoms with Crippen molar-refractivity contribution in [2.45, 2.75) is 102 Å². The van der Waals surface area contributed by atoms with Crippen LogP contribution in [0.2, 0.25) is 0 Å². The molecule has 20 heteroatoms. The number of carbonyl (C=O) groups excluding carboxylic acids is 3. The highest BCUT2D eigenvalue weighted by atomic mass is 19.1. The lowest BCUT2D eigenvalue weighted by atomic mass is 9.87. The Balaban J connectivity index is 0.653. The van der Waals surface area contributed by atoms with Crippen LogP contribution in [-0.2, 0) is 33.3 Å². The molecule has 3 aliphatic heterocycles. The minimum absolute atomic E-state index is 0.0886. The third-order valence-electron chi connectivity index (χ3n) is 13.9. The van der Waals surface area contributed by atoms with Crippen LogP contribution in [0, 0.1) is 11.7 Å². The maximum absolute atomic E-state index is 16.1. The van der Waals surface area contributed by atoms with Gasteiger partial charge in [-0.1, -0.05) is 11.2 Å². The van der Waals surface area contributed by atoms with Gasteiger partial charge in [0.2, 0.25) is 11.8 Å². The summed E-state index contributed by atoms with van der Waals surface area (Å²) >= 11 is 0. The predicted octanol–water partition coefficient (Wildman–Crippen LogP) is 6.08. The first kappa shape index (κ1) is 45.4. The molecule has 0 unspecified atom stereocenters. The number of anilines is 2. The van der Waals surface area contributed by atoms with Crippen molar-refractivity contribution in [3.63, 3.8) is 0 Å². The zero-order valence-corrected chi connectivity index (χ0v) is 39.2. The zero-order valence-electron chi connectivity index (χ0n) is 39.2. The minimum Gasteiger partial charge on any atom is -0.383 e. The van der Waals surface area contributed by atoms with Crippen LogP contribution in [0.3, 0.4) is 0 Å². The van der Waals surface area contributed by atoms with Crippen LogP contribution in [0.1, 0.15) is 107 Å². The van der Waals surface area contributed by atoms with Crippen LogP contribution in [0.25, 0.3) is 44.7 Å². The van der Waals surface area contributed by atoms with E-state index in [9.17, 15) is 14.4 Å². The van der Waals surface area contributed by atoms with Gasteiger partial charge in [0.25, 0.3) is 0 Å². The highest BCUT2D eigenvalue weighted by Crippen LogP contribution is 2.48. The van der Waals surface area contributed by atoms with Crippen molar-refractivity contribution in [1.82, 2.24) is 59.8 Å². The molecular weight excluding hydrogens is 872 g/mol. The first-order chi connectivity index (χ1) is 32.8. The molecule has 3 N–H and O–H groups in total. The molecule has 19 nitrogen and oxygen atoms in total. The van der Waals surface area contributed by atoms with Gasteiger partial charge in [-0.05, 0) is 114 Å².